The van der Waals surface area contributed by atoms with Gasteiger partial charge in [-0.3, -0.25) is 4.79 Å². The number of halogens is 3. The molecule has 1 amide bonds. The molecule has 0 atom stereocenters. The summed E-state index contributed by atoms with van der Waals surface area (Å²) >= 11 is 1.17. The van der Waals surface area contributed by atoms with E-state index in [4.69, 9.17) is 0 Å². The minimum atomic E-state index is -4.49. The van der Waals surface area contributed by atoms with E-state index < -0.39 is 11.7 Å². The van der Waals surface area contributed by atoms with Crippen molar-refractivity contribution in [2.24, 2.45) is 0 Å². The van der Waals surface area contributed by atoms with Crippen LogP contribution in [0.15, 0.2) is 18.3 Å². The highest BCUT2D eigenvalue weighted by molar-refractivity contribution is 7.10. The van der Waals surface area contributed by atoms with Crippen LogP contribution in [0.3, 0.4) is 0 Å². The fraction of sp³-hybridized carbons (Fsp3) is 0.357. The molecule has 0 aliphatic rings. The largest absolute Gasteiger partial charge is 0.419 e. The number of pyridine rings is 1. The number of hydrogen-bond donors (Lipinski definition) is 3. The van der Waals surface area contributed by atoms with Gasteiger partial charge in [0, 0.05) is 26.3 Å². The summed E-state index contributed by atoms with van der Waals surface area (Å²) in [5, 5.41) is 8.76. The molecule has 0 radical (unpaired) electrons. The summed E-state index contributed by atoms with van der Waals surface area (Å²) in [6.45, 7) is 1.97. The molecule has 24 heavy (non-hydrogen) atoms. The van der Waals surface area contributed by atoms with Gasteiger partial charge in [0.15, 0.2) is 0 Å². The van der Waals surface area contributed by atoms with Gasteiger partial charge in [0.2, 0.25) is 0 Å². The van der Waals surface area contributed by atoms with Gasteiger partial charge in [0.1, 0.15) is 10.8 Å². The van der Waals surface area contributed by atoms with Crippen molar-refractivity contribution in [3.05, 3.63) is 35.2 Å². The quantitative estimate of drug-likeness (QED) is 0.691. The number of carbonyl (C=O) groups is 1. The number of rotatable bonds is 6. The molecule has 0 spiro atoms. The molecule has 2 aromatic heterocycles. The average molecular weight is 359 g/mol. The van der Waals surface area contributed by atoms with Crippen molar-refractivity contribution < 1.29 is 18.0 Å². The van der Waals surface area contributed by atoms with Crippen LogP contribution in [0.25, 0.3) is 0 Å². The Balaban J connectivity index is 1.92. The molecule has 0 fully saturated rings. The number of aromatic nitrogens is 2. The topological polar surface area (TPSA) is 78.9 Å². The van der Waals surface area contributed by atoms with Crippen molar-refractivity contribution in [3.63, 3.8) is 0 Å². The zero-order valence-corrected chi connectivity index (χ0v) is 13.8. The van der Waals surface area contributed by atoms with Gasteiger partial charge < -0.3 is 16.0 Å². The zero-order chi connectivity index (χ0) is 17.7. The van der Waals surface area contributed by atoms with Gasteiger partial charge in [-0.05, 0) is 30.6 Å². The third-order valence-corrected chi connectivity index (χ3v) is 4.09. The van der Waals surface area contributed by atoms with Crippen LogP contribution in [-0.2, 0) is 6.18 Å². The summed E-state index contributed by atoms with van der Waals surface area (Å²) in [7, 11) is 1.69. The number of carbonyl (C=O) groups excluding carboxylic acids is 1. The molecule has 0 aromatic carbocycles. The van der Waals surface area contributed by atoms with E-state index >= 15 is 0 Å². The van der Waals surface area contributed by atoms with Crippen molar-refractivity contribution in [1.29, 1.82) is 0 Å². The third-order valence-electron chi connectivity index (χ3n) is 3.13. The van der Waals surface area contributed by atoms with Crippen LogP contribution >= 0.6 is 11.5 Å². The number of nitrogens with one attached hydrogen (secondary N) is 3. The van der Waals surface area contributed by atoms with Crippen molar-refractivity contribution in [2.75, 3.05) is 30.8 Å². The molecule has 6 nitrogen and oxygen atoms in total. The van der Waals surface area contributed by atoms with Gasteiger partial charge in [-0.1, -0.05) is 0 Å². The summed E-state index contributed by atoms with van der Waals surface area (Å²) in [5.74, 6) is -0.590. The fourth-order valence-corrected chi connectivity index (χ4v) is 2.77. The molecular formula is C14H16F3N5OS. The van der Waals surface area contributed by atoms with Crippen LogP contribution in [0.1, 0.15) is 21.6 Å². The average Bonchev–Trinajstić information content (AvgIpc) is 2.91. The molecule has 130 valence electrons. The molecule has 0 aliphatic heterocycles. The van der Waals surface area contributed by atoms with Gasteiger partial charge in [-0.15, -0.1) is 0 Å². The van der Waals surface area contributed by atoms with E-state index in [9.17, 15) is 18.0 Å². The highest BCUT2D eigenvalue weighted by Gasteiger charge is 2.33. The number of nitrogens with zero attached hydrogens (tertiary/aromatic N) is 2. The van der Waals surface area contributed by atoms with E-state index in [1.165, 1.54) is 23.8 Å². The molecule has 0 saturated carbocycles. The molecule has 10 heteroatoms. The number of anilines is 2. The third kappa shape index (κ3) is 4.13. The SMILES string of the molecule is CNc1snc(C)c1C(=O)NCCNc1ncccc1C(F)(F)F. The molecule has 2 rings (SSSR count). The summed E-state index contributed by atoms with van der Waals surface area (Å²) in [4.78, 5) is 15.8. The second-order valence-corrected chi connectivity index (χ2v) is 5.58. The van der Waals surface area contributed by atoms with Gasteiger partial charge in [-0.25, -0.2) is 4.98 Å². The zero-order valence-electron chi connectivity index (χ0n) is 13.0. The Kier molecular flexibility index (Phi) is 5.60. The van der Waals surface area contributed by atoms with E-state index in [0.29, 0.717) is 16.3 Å². The number of alkyl halides is 3. The lowest BCUT2D eigenvalue weighted by atomic mass is 10.2. The van der Waals surface area contributed by atoms with E-state index in [0.717, 1.165) is 6.07 Å². The molecule has 0 unspecified atom stereocenters. The van der Waals surface area contributed by atoms with Crippen LogP contribution in [-0.4, -0.2) is 35.4 Å². The summed E-state index contributed by atoms with van der Waals surface area (Å²) in [6.07, 6.45) is -3.21. The van der Waals surface area contributed by atoms with Crippen LogP contribution in [0.2, 0.25) is 0 Å². The molecule has 0 saturated heterocycles. The van der Waals surface area contributed by atoms with Crippen LogP contribution in [0, 0.1) is 6.92 Å². The maximum Gasteiger partial charge on any atom is 0.419 e. The van der Waals surface area contributed by atoms with E-state index in [1.54, 1.807) is 14.0 Å². The minimum absolute atomic E-state index is 0.108. The minimum Gasteiger partial charge on any atom is -0.378 e. The predicted molar refractivity (Wildman–Crippen MR) is 86.5 cm³/mol. The second-order valence-electron chi connectivity index (χ2n) is 4.80. The maximum atomic E-state index is 12.8. The smallest absolute Gasteiger partial charge is 0.378 e. The van der Waals surface area contributed by atoms with E-state index in [2.05, 4.69) is 25.3 Å². The fourth-order valence-electron chi connectivity index (χ4n) is 2.03. The monoisotopic (exact) mass is 359 g/mol. The first-order valence-corrected chi connectivity index (χ1v) is 7.80. The second kappa shape index (κ2) is 7.47. The van der Waals surface area contributed by atoms with Gasteiger partial charge in [0.05, 0.1) is 16.8 Å². The highest BCUT2D eigenvalue weighted by Crippen LogP contribution is 2.33. The Morgan fingerprint density at radius 2 is 2.08 bits per heavy atom. The first-order chi connectivity index (χ1) is 11.3. The molecule has 2 heterocycles. The van der Waals surface area contributed by atoms with Crippen LogP contribution in [0.4, 0.5) is 24.0 Å². The first-order valence-electron chi connectivity index (χ1n) is 7.03. The van der Waals surface area contributed by atoms with E-state index in [-0.39, 0.29) is 24.8 Å². The van der Waals surface area contributed by atoms with Crippen molar-refractivity contribution in [1.82, 2.24) is 14.7 Å². The normalized spacial score (nSPS) is 11.2. The van der Waals surface area contributed by atoms with Crippen molar-refractivity contribution >= 4 is 28.3 Å². The molecule has 3 N–H and O–H groups in total. The molecule has 2 aromatic rings. The standard InChI is InChI=1S/C14H16F3N5OS/c1-8-10(13(18-2)24-22-8)12(23)21-7-6-20-11-9(14(15,16)17)4-3-5-19-11/h3-5,18H,6-7H2,1-2H3,(H,19,20)(H,21,23). The Hall–Kier alpha value is -2.36. The van der Waals surface area contributed by atoms with Crippen LogP contribution < -0.4 is 16.0 Å². The molecular weight excluding hydrogens is 343 g/mol. The lowest BCUT2D eigenvalue weighted by molar-refractivity contribution is -0.137. The Labute approximate surface area is 140 Å². The Morgan fingerprint density at radius 1 is 1.33 bits per heavy atom. The van der Waals surface area contributed by atoms with Crippen molar-refractivity contribution in [2.45, 2.75) is 13.1 Å². The molecule has 0 aliphatic carbocycles. The van der Waals surface area contributed by atoms with Crippen molar-refractivity contribution in [3.8, 4) is 0 Å². The molecule has 0 bridgehead atoms. The lowest BCUT2D eigenvalue weighted by Crippen LogP contribution is -2.30. The number of aryl methyl sites for hydroxylation is 1. The van der Waals surface area contributed by atoms with E-state index in [1.807, 2.05) is 0 Å². The summed E-state index contributed by atoms with van der Waals surface area (Å²) in [6, 6.07) is 2.18. The van der Waals surface area contributed by atoms with Crippen LogP contribution in [0.5, 0.6) is 0 Å². The number of amides is 1. The van der Waals surface area contributed by atoms with Gasteiger partial charge in [-0.2, -0.15) is 17.5 Å². The predicted octanol–water partition coefficient (Wildman–Crippen LogP) is 2.75. The number of hydrogen-bond acceptors (Lipinski definition) is 6. The summed E-state index contributed by atoms with van der Waals surface area (Å²) in [5.41, 5.74) is 0.196. The van der Waals surface area contributed by atoms with Gasteiger partial charge in [0.25, 0.3) is 5.91 Å². The van der Waals surface area contributed by atoms with Gasteiger partial charge >= 0.3 is 6.18 Å². The Bertz CT molecular complexity index is 717. The Morgan fingerprint density at radius 3 is 2.75 bits per heavy atom. The lowest BCUT2D eigenvalue weighted by Gasteiger charge is -2.13. The first kappa shape index (κ1) is 18.0. The summed E-state index contributed by atoms with van der Waals surface area (Å²) < 4.78 is 42.6. The maximum absolute atomic E-state index is 12.8. The highest BCUT2D eigenvalue weighted by atomic mass is 32.1.